The number of hydrogen-bond acceptors (Lipinski definition) is 2. The van der Waals surface area contributed by atoms with Crippen molar-refractivity contribution in [3.05, 3.63) is 35.4 Å². The van der Waals surface area contributed by atoms with E-state index in [1.54, 1.807) is 0 Å². The Morgan fingerprint density at radius 1 is 1.18 bits per heavy atom. The minimum Gasteiger partial charge on any atom is -0.327 e. The summed E-state index contributed by atoms with van der Waals surface area (Å²) in [4.78, 5) is 12.5. The first kappa shape index (κ1) is 12.3. The number of carbonyl (C=O) groups is 1. The van der Waals surface area contributed by atoms with Crippen molar-refractivity contribution in [3.63, 3.8) is 0 Å². The Balaban J connectivity index is 2.21. The van der Waals surface area contributed by atoms with Gasteiger partial charge in [0.25, 0.3) is 0 Å². The summed E-state index contributed by atoms with van der Waals surface area (Å²) in [5.41, 5.74) is 8.07. The van der Waals surface area contributed by atoms with Gasteiger partial charge in [-0.1, -0.05) is 43.5 Å². The molecule has 2 nitrogen and oxygen atoms in total. The third kappa shape index (κ3) is 2.75. The van der Waals surface area contributed by atoms with Crippen molar-refractivity contribution < 1.29 is 4.79 Å². The van der Waals surface area contributed by atoms with Crippen LogP contribution in [0, 0.1) is 12.8 Å². The monoisotopic (exact) mass is 231 g/mol. The number of aryl methyl sites for hydroxylation is 1. The second-order valence-corrected chi connectivity index (χ2v) is 5.09. The maximum atomic E-state index is 12.5. The molecule has 2 atom stereocenters. The fourth-order valence-electron chi connectivity index (χ4n) is 2.71. The average Bonchev–Trinajstić information content (AvgIpc) is 2.54. The van der Waals surface area contributed by atoms with Crippen LogP contribution in [-0.2, 0) is 0 Å². The molecule has 0 heterocycles. The van der Waals surface area contributed by atoms with Gasteiger partial charge in [0, 0.05) is 17.5 Å². The van der Waals surface area contributed by atoms with Crippen LogP contribution in [0.3, 0.4) is 0 Å². The number of benzene rings is 1. The van der Waals surface area contributed by atoms with E-state index in [9.17, 15) is 4.79 Å². The van der Waals surface area contributed by atoms with Gasteiger partial charge in [-0.25, -0.2) is 0 Å². The Bertz CT molecular complexity index is 400. The SMILES string of the molecule is Cc1ccccc1C(=O)C1CCCCCC1N. The van der Waals surface area contributed by atoms with Crippen LogP contribution in [0.2, 0.25) is 0 Å². The predicted molar refractivity (Wildman–Crippen MR) is 70.1 cm³/mol. The van der Waals surface area contributed by atoms with Crippen LogP contribution in [0.15, 0.2) is 24.3 Å². The predicted octanol–water partition coefficient (Wildman–Crippen LogP) is 3.09. The molecule has 1 aromatic carbocycles. The highest BCUT2D eigenvalue weighted by Crippen LogP contribution is 2.26. The summed E-state index contributed by atoms with van der Waals surface area (Å²) in [6, 6.07) is 7.87. The molecule has 0 spiro atoms. The first-order chi connectivity index (χ1) is 8.20. The summed E-state index contributed by atoms with van der Waals surface area (Å²) in [5.74, 6) is 0.274. The summed E-state index contributed by atoms with van der Waals surface area (Å²) < 4.78 is 0. The maximum Gasteiger partial charge on any atom is 0.167 e. The Kier molecular flexibility index (Phi) is 3.95. The van der Waals surface area contributed by atoms with Crippen LogP contribution in [0.4, 0.5) is 0 Å². The number of ketones is 1. The van der Waals surface area contributed by atoms with Crippen LogP contribution >= 0.6 is 0 Å². The van der Waals surface area contributed by atoms with Crippen molar-refractivity contribution in [1.82, 2.24) is 0 Å². The molecular weight excluding hydrogens is 210 g/mol. The molecule has 92 valence electrons. The summed E-state index contributed by atoms with van der Waals surface area (Å²) >= 11 is 0. The fourth-order valence-corrected chi connectivity index (χ4v) is 2.71. The zero-order chi connectivity index (χ0) is 12.3. The van der Waals surface area contributed by atoms with Gasteiger partial charge in [-0.15, -0.1) is 0 Å². The number of rotatable bonds is 2. The highest BCUT2D eigenvalue weighted by Gasteiger charge is 2.28. The number of hydrogen-bond donors (Lipinski definition) is 1. The molecule has 1 saturated carbocycles. The van der Waals surface area contributed by atoms with Gasteiger partial charge in [0.2, 0.25) is 0 Å². The second-order valence-electron chi connectivity index (χ2n) is 5.09. The van der Waals surface area contributed by atoms with Gasteiger partial charge in [-0.3, -0.25) is 4.79 Å². The lowest BCUT2D eigenvalue weighted by Crippen LogP contribution is -2.34. The number of Topliss-reactive ketones (excluding diaryl/α,β-unsaturated/α-hetero) is 1. The topological polar surface area (TPSA) is 43.1 Å². The molecule has 2 unspecified atom stereocenters. The van der Waals surface area contributed by atoms with Crippen molar-refractivity contribution in [2.45, 2.75) is 45.1 Å². The van der Waals surface area contributed by atoms with Crippen LogP contribution < -0.4 is 5.73 Å². The molecule has 1 aromatic rings. The first-order valence-electron chi connectivity index (χ1n) is 6.55. The molecule has 0 aliphatic heterocycles. The Labute approximate surface area is 103 Å². The van der Waals surface area contributed by atoms with E-state index in [4.69, 9.17) is 5.73 Å². The molecule has 2 rings (SSSR count). The minimum atomic E-state index is 0.0265. The summed E-state index contributed by atoms with van der Waals surface area (Å²) in [5, 5.41) is 0. The van der Waals surface area contributed by atoms with Crippen molar-refractivity contribution in [3.8, 4) is 0 Å². The van der Waals surface area contributed by atoms with Gasteiger partial charge < -0.3 is 5.73 Å². The van der Waals surface area contributed by atoms with Gasteiger partial charge in [-0.05, 0) is 25.3 Å². The molecule has 17 heavy (non-hydrogen) atoms. The zero-order valence-corrected chi connectivity index (χ0v) is 10.5. The largest absolute Gasteiger partial charge is 0.327 e. The van der Waals surface area contributed by atoms with Crippen LogP contribution in [-0.4, -0.2) is 11.8 Å². The van der Waals surface area contributed by atoms with Crippen LogP contribution in [0.25, 0.3) is 0 Å². The Morgan fingerprint density at radius 2 is 1.88 bits per heavy atom. The molecular formula is C15H21NO. The smallest absolute Gasteiger partial charge is 0.167 e. The third-order valence-electron chi connectivity index (χ3n) is 3.82. The van der Waals surface area contributed by atoms with Gasteiger partial charge in [0.05, 0.1) is 0 Å². The lowest BCUT2D eigenvalue weighted by molar-refractivity contribution is 0.0894. The first-order valence-corrected chi connectivity index (χ1v) is 6.55. The molecule has 0 amide bonds. The maximum absolute atomic E-state index is 12.5. The van der Waals surface area contributed by atoms with E-state index < -0.39 is 0 Å². The lowest BCUT2D eigenvalue weighted by Gasteiger charge is -2.20. The zero-order valence-electron chi connectivity index (χ0n) is 10.5. The van der Waals surface area contributed by atoms with Crippen molar-refractivity contribution in [1.29, 1.82) is 0 Å². The van der Waals surface area contributed by atoms with Gasteiger partial charge in [-0.2, -0.15) is 0 Å². The number of nitrogens with two attached hydrogens (primary N) is 1. The second kappa shape index (κ2) is 5.46. The van der Waals surface area contributed by atoms with E-state index in [0.29, 0.717) is 0 Å². The van der Waals surface area contributed by atoms with Crippen molar-refractivity contribution in [2.24, 2.45) is 11.7 Å². The van der Waals surface area contributed by atoms with Crippen molar-refractivity contribution >= 4 is 5.78 Å². The van der Waals surface area contributed by atoms with Crippen molar-refractivity contribution in [2.75, 3.05) is 0 Å². The fraction of sp³-hybridized carbons (Fsp3) is 0.533. The average molecular weight is 231 g/mol. The molecule has 0 aromatic heterocycles. The number of carbonyl (C=O) groups excluding carboxylic acids is 1. The van der Waals surface area contributed by atoms with Gasteiger partial charge >= 0.3 is 0 Å². The van der Waals surface area contributed by atoms with Crippen LogP contribution in [0.1, 0.15) is 48.0 Å². The molecule has 0 saturated heterocycles. The van der Waals surface area contributed by atoms with E-state index in [0.717, 1.165) is 30.4 Å². The summed E-state index contributed by atoms with van der Waals surface area (Å²) in [6.45, 7) is 2.00. The molecule has 2 heteroatoms. The van der Waals surface area contributed by atoms with E-state index in [1.807, 2.05) is 31.2 Å². The quantitative estimate of drug-likeness (QED) is 0.628. The van der Waals surface area contributed by atoms with Crippen LogP contribution in [0.5, 0.6) is 0 Å². The molecule has 1 fully saturated rings. The summed E-state index contributed by atoms with van der Waals surface area (Å²) in [6.07, 6.45) is 5.45. The molecule has 0 bridgehead atoms. The van der Waals surface area contributed by atoms with Gasteiger partial charge in [0.1, 0.15) is 0 Å². The Hall–Kier alpha value is -1.15. The minimum absolute atomic E-state index is 0.0265. The van der Waals surface area contributed by atoms with E-state index in [2.05, 4.69) is 0 Å². The van der Waals surface area contributed by atoms with E-state index in [1.165, 1.54) is 12.8 Å². The Morgan fingerprint density at radius 3 is 2.65 bits per heavy atom. The molecule has 0 radical (unpaired) electrons. The highest BCUT2D eigenvalue weighted by atomic mass is 16.1. The third-order valence-corrected chi connectivity index (χ3v) is 3.82. The van der Waals surface area contributed by atoms with Gasteiger partial charge in [0.15, 0.2) is 5.78 Å². The molecule has 1 aliphatic carbocycles. The normalized spacial score (nSPS) is 25.3. The lowest BCUT2D eigenvalue weighted by atomic mass is 9.86. The highest BCUT2D eigenvalue weighted by molar-refractivity contribution is 5.99. The van der Waals surface area contributed by atoms with E-state index in [-0.39, 0.29) is 17.7 Å². The molecule has 1 aliphatic rings. The van der Waals surface area contributed by atoms with E-state index >= 15 is 0 Å². The molecule has 2 N–H and O–H groups in total. The summed E-state index contributed by atoms with van der Waals surface area (Å²) in [7, 11) is 0. The standard InChI is InChI=1S/C15H21NO/c1-11-7-5-6-8-12(11)15(17)13-9-3-2-4-10-14(13)16/h5-8,13-14H,2-4,9-10,16H2,1H3.